The molecule has 1 atom stereocenters. The highest BCUT2D eigenvalue weighted by Gasteiger charge is 2.48. The van der Waals surface area contributed by atoms with Crippen molar-refractivity contribution in [3.8, 4) is 11.1 Å². The highest BCUT2D eigenvalue weighted by atomic mass is 15.2. The first-order valence-electron chi connectivity index (χ1n) is 7.34. The Labute approximate surface area is 120 Å². The summed E-state index contributed by atoms with van der Waals surface area (Å²) in [5.74, 6) is 1.71. The van der Waals surface area contributed by atoms with Gasteiger partial charge in [-0.15, -0.1) is 0 Å². The maximum Gasteiger partial charge on any atom is 0.153 e. The van der Waals surface area contributed by atoms with E-state index in [4.69, 9.17) is 5.73 Å². The molecule has 0 amide bonds. The molecule has 20 heavy (non-hydrogen) atoms. The Balaban J connectivity index is 2.00. The molecule has 3 nitrogen and oxygen atoms in total. The Bertz CT molecular complexity index is 620. The van der Waals surface area contributed by atoms with Crippen LogP contribution in [0.15, 0.2) is 24.3 Å². The number of hydrogen-bond donors (Lipinski definition) is 2. The van der Waals surface area contributed by atoms with Gasteiger partial charge in [0, 0.05) is 17.2 Å². The number of aromatic amines is 1. The minimum Gasteiger partial charge on any atom is -0.382 e. The fraction of sp³-hybridized carbons (Fsp3) is 0.471. The summed E-state index contributed by atoms with van der Waals surface area (Å²) in [6.45, 7) is 9.00. The summed E-state index contributed by atoms with van der Waals surface area (Å²) in [4.78, 5) is 0. The number of nitrogens with one attached hydrogen (secondary N) is 1. The Morgan fingerprint density at radius 1 is 1.25 bits per heavy atom. The molecule has 1 aliphatic rings. The van der Waals surface area contributed by atoms with E-state index in [2.05, 4.69) is 62.2 Å². The Kier molecular flexibility index (Phi) is 2.89. The lowest BCUT2D eigenvalue weighted by atomic mass is 9.96. The normalized spacial score (nSPS) is 20.4. The minimum absolute atomic E-state index is 0.367. The molecule has 1 aromatic carbocycles. The number of nitrogens with two attached hydrogens (primary N) is 1. The lowest BCUT2D eigenvalue weighted by Crippen LogP contribution is -1.94. The molecule has 0 saturated heterocycles. The zero-order valence-corrected chi connectivity index (χ0v) is 12.7. The summed E-state index contributed by atoms with van der Waals surface area (Å²) in [5.41, 5.74) is 11.3. The van der Waals surface area contributed by atoms with E-state index in [1.165, 1.54) is 23.2 Å². The summed E-state index contributed by atoms with van der Waals surface area (Å²) in [6.07, 6.45) is 1.20. The quantitative estimate of drug-likeness (QED) is 0.873. The lowest BCUT2D eigenvalue weighted by molar-refractivity contribution is 0.615. The predicted octanol–water partition coefficient (Wildman–Crippen LogP) is 4.30. The van der Waals surface area contributed by atoms with Crippen molar-refractivity contribution in [1.82, 2.24) is 10.2 Å². The molecule has 1 fully saturated rings. The van der Waals surface area contributed by atoms with Crippen LogP contribution in [0.5, 0.6) is 0 Å². The van der Waals surface area contributed by atoms with E-state index < -0.39 is 0 Å². The van der Waals surface area contributed by atoms with Crippen LogP contribution in [-0.2, 0) is 0 Å². The number of rotatable bonds is 3. The van der Waals surface area contributed by atoms with Gasteiger partial charge in [-0.3, -0.25) is 5.10 Å². The van der Waals surface area contributed by atoms with Gasteiger partial charge in [-0.2, -0.15) is 5.10 Å². The fourth-order valence-electron chi connectivity index (χ4n) is 2.92. The summed E-state index contributed by atoms with van der Waals surface area (Å²) in [7, 11) is 0. The van der Waals surface area contributed by atoms with Gasteiger partial charge >= 0.3 is 0 Å². The third kappa shape index (κ3) is 2.11. The first-order valence-corrected chi connectivity index (χ1v) is 7.34. The average molecular weight is 269 g/mol. The first kappa shape index (κ1) is 13.2. The molecule has 3 heteroatoms. The van der Waals surface area contributed by atoms with Crippen molar-refractivity contribution in [1.29, 1.82) is 0 Å². The molecule has 1 aliphatic carbocycles. The summed E-state index contributed by atoms with van der Waals surface area (Å²) < 4.78 is 0. The lowest BCUT2D eigenvalue weighted by Gasteiger charge is -2.09. The van der Waals surface area contributed by atoms with Crippen LogP contribution in [0.3, 0.4) is 0 Å². The summed E-state index contributed by atoms with van der Waals surface area (Å²) >= 11 is 0. The van der Waals surface area contributed by atoms with E-state index in [0.717, 1.165) is 5.56 Å². The second-order valence-corrected chi connectivity index (χ2v) is 6.92. The first-order chi connectivity index (χ1) is 9.40. The topological polar surface area (TPSA) is 54.7 Å². The Morgan fingerprint density at radius 3 is 2.35 bits per heavy atom. The fourth-order valence-corrected chi connectivity index (χ4v) is 2.92. The molecule has 2 aromatic rings. The molecule has 106 valence electrons. The van der Waals surface area contributed by atoms with E-state index in [0.29, 0.717) is 23.1 Å². The summed E-state index contributed by atoms with van der Waals surface area (Å²) in [6, 6.07) is 8.70. The number of nitrogen functional groups attached to an aromatic ring is 1. The second kappa shape index (κ2) is 4.37. The minimum atomic E-state index is 0.367. The highest BCUT2D eigenvalue weighted by molar-refractivity contribution is 5.77. The van der Waals surface area contributed by atoms with Crippen LogP contribution < -0.4 is 5.73 Å². The maximum absolute atomic E-state index is 6.08. The Hall–Kier alpha value is -1.77. The molecule has 0 aliphatic heterocycles. The predicted molar refractivity (Wildman–Crippen MR) is 83.7 cm³/mol. The smallest absolute Gasteiger partial charge is 0.153 e. The van der Waals surface area contributed by atoms with Gasteiger partial charge < -0.3 is 5.73 Å². The largest absolute Gasteiger partial charge is 0.382 e. The van der Waals surface area contributed by atoms with E-state index in [1.54, 1.807) is 0 Å². The SMILES string of the molecule is CC(C)c1ccc(-c2c(N)n[nH]c2C2CC2(C)C)cc1. The van der Waals surface area contributed by atoms with Crippen molar-refractivity contribution in [2.45, 2.75) is 46.0 Å². The Morgan fingerprint density at radius 2 is 1.85 bits per heavy atom. The van der Waals surface area contributed by atoms with Gasteiger partial charge in [0.15, 0.2) is 5.82 Å². The second-order valence-electron chi connectivity index (χ2n) is 6.92. The van der Waals surface area contributed by atoms with Crippen LogP contribution in [-0.4, -0.2) is 10.2 Å². The van der Waals surface area contributed by atoms with Gasteiger partial charge in [0.2, 0.25) is 0 Å². The molecule has 0 radical (unpaired) electrons. The number of nitrogens with zero attached hydrogens (tertiary/aromatic N) is 1. The number of benzene rings is 1. The number of anilines is 1. The van der Waals surface area contributed by atoms with Crippen LogP contribution in [0.4, 0.5) is 5.82 Å². The van der Waals surface area contributed by atoms with Gasteiger partial charge in [0.05, 0.1) is 0 Å². The number of H-pyrrole nitrogens is 1. The molecule has 1 heterocycles. The third-order valence-electron chi connectivity index (χ3n) is 4.55. The van der Waals surface area contributed by atoms with Crippen molar-refractivity contribution in [3.63, 3.8) is 0 Å². The van der Waals surface area contributed by atoms with Crippen molar-refractivity contribution in [2.75, 3.05) is 5.73 Å². The van der Waals surface area contributed by atoms with Gasteiger partial charge in [-0.05, 0) is 28.9 Å². The number of aromatic nitrogens is 2. The van der Waals surface area contributed by atoms with Gasteiger partial charge in [0.25, 0.3) is 0 Å². The molecule has 3 N–H and O–H groups in total. The molecule has 0 spiro atoms. The number of hydrogen-bond acceptors (Lipinski definition) is 2. The third-order valence-corrected chi connectivity index (χ3v) is 4.55. The van der Waals surface area contributed by atoms with Gasteiger partial charge in [0.1, 0.15) is 0 Å². The van der Waals surface area contributed by atoms with Crippen molar-refractivity contribution >= 4 is 5.82 Å². The average Bonchev–Trinajstić information content (AvgIpc) is 2.86. The van der Waals surface area contributed by atoms with E-state index in [1.807, 2.05) is 0 Å². The zero-order chi connectivity index (χ0) is 14.5. The standard InChI is InChI=1S/C17H23N3/c1-10(2)11-5-7-12(8-6-11)14-15(19-20-16(14)18)13-9-17(13,3)4/h5-8,10,13H,9H2,1-4H3,(H3,18,19,20). The van der Waals surface area contributed by atoms with Crippen LogP contribution in [0, 0.1) is 5.41 Å². The molecule has 1 unspecified atom stereocenters. The van der Waals surface area contributed by atoms with Crippen molar-refractivity contribution < 1.29 is 0 Å². The van der Waals surface area contributed by atoms with E-state index in [-0.39, 0.29) is 0 Å². The van der Waals surface area contributed by atoms with Gasteiger partial charge in [-0.1, -0.05) is 52.0 Å². The van der Waals surface area contributed by atoms with Crippen LogP contribution >= 0.6 is 0 Å². The van der Waals surface area contributed by atoms with Crippen LogP contribution in [0.25, 0.3) is 11.1 Å². The summed E-state index contributed by atoms with van der Waals surface area (Å²) in [5, 5.41) is 7.38. The van der Waals surface area contributed by atoms with E-state index >= 15 is 0 Å². The van der Waals surface area contributed by atoms with Crippen LogP contribution in [0.1, 0.15) is 57.2 Å². The van der Waals surface area contributed by atoms with E-state index in [9.17, 15) is 0 Å². The highest BCUT2D eigenvalue weighted by Crippen LogP contribution is 2.60. The molecule has 1 aromatic heterocycles. The van der Waals surface area contributed by atoms with Crippen LogP contribution in [0.2, 0.25) is 0 Å². The molecular formula is C17H23N3. The van der Waals surface area contributed by atoms with Crippen molar-refractivity contribution in [2.24, 2.45) is 5.41 Å². The van der Waals surface area contributed by atoms with Crippen molar-refractivity contribution in [3.05, 3.63) is 35.5 Å². The zero-order valence-electron chi connectivity index (χ0n) is 12.7. The molecule has 1 saturated carbocycles. The monoisotopic (exact) mass is 269 g/mol. The molecule has 0 bridgehead atoms. The van der Waals surface area contributed by atoms with Gasteiger partial charge in [-0.25, -0.2) is 0 Å². The molecular weight excluding hydrogens is 246 g/mol. The molecule has 3 rings (SSSR count). The maximum atomic E-state index is 6.08.